The molecule has 0 fully saturated rings. The molecule has 2 amide bonds. The quantitative estimate of drug-likeness (QED) is 0.642. The molecule has 3 heterocycles. The van der Waals surface area contributed by atoms with Crippen molar-refractivity contribution in [2.75, 3.05) is 26.7 Å². The maximum absolute atomic E-state index is 13.5. The summed E-state index contributed by atoms with van der Waals surface area (Å²) in [6.45, 7) is 8.45. The molecule has 1 N–H and O–H groups in total. The molecule has 0 aliphatic carbocycles. The number of ether oxygens (including phenoxy) is 1. The van der Waals surface area contributed by atoms with Crippen molar-refractivity contribution in [2.45, 2.75) is 46.3 Å². The van der Waals surface area contributed by atoms with Crippen molar-refractivity contribution >= 4 is 11.8 Å². The number of hydrogen-bond acceptors (Lipinski definition) is 6. The summed E-state index contributed by atoms with van der Waals surface area (Å²) < 4.78 is 6.26. The molecule has 0 spiro atoms. The molecule has 0 bridgehead atoms. The highest BCUT2D eigenvalue weighted by molar-refractivity contribution is 5.97. The van der Waals surface area contributed by atoms with Gasteiger partial charge in [0.15, 0.2) is 0 Å². The molecule has 186 valence electrons. The molecular formula is C27H34N4O4. The fourth-order valence-corrected chi connectivity index (χ4v) is 3.81. The van der Waals surface area contributed by atoms with Gasteiger partial charge in [-0.25, -0.2) is 4.98 Å². The Balaban J connectivity index is 1.93. The van der Waals surface area contributed by atoms with Crippen LogP contribution in [0.3, 0.4) is 0 Å². The number of rotatable bonds is 6. The number of aromatic nitrogens is 2. The Kier molecular flexibility index (Phi) is 8.83. The molecule has 0 aromatic carbocycles. The minimum Gasteiger partial charge on any atom is -0.472 e. The SMILES string of the molecule is CC(C)CC#Cc1cnc2c(c1)C(=O)N([C@@H](C)CO)C[C@H](C)[C@H](CN(C)C(=O)c1cccnc1)O2. The van der Waals surface area contributed by atoms with Gasteiger partial charge in [-0.15, -0.1) is 0 Å². The third-order valence-electron chi connectivity index (χ3n) is 5.97. The first kappa shape index (κ1) is 26.2. The molecule has 35 heavy (non-hydrogen) atoms. The second-order valence-electron chi connectivity index (χ2n) is 9.53. The molecule has 8 nitrogen and oxygen atoms in total. The summed E-state index contributed by atoms with van der Waals surface area (Å²) in [5, 5.41) is 9.81. The Labute approximate surface area is 207 Å². The minimum atomic E-state index is -0.425. The molecule has 3 rings (SSSR count). The van der Waals surface area contributed by atoms with Crippen LogP contribution in [0.4, 0.5) is 0 Å². The minimum absolute atomic E-state index is 0.127. The van der Waals surface area contributed by atoms with E-state index in [-0.39, 0.29) is 36.3 Å². The zero-order chi connectivity index (χ0) is 25.5. The van der Waals surface area contributed by atoms with Crippen molar-refractivity contribution in [3.63, 3.8) is 0 Å². The Morgan fingerprint density at radius 1 is 1.34 bits per heavy atom. The predicted octanol–water partition coefficient (Wildman–Crippen LogP) is 2.87. The highest BCUT2D eigenvalue weighted by atomic mass is 16.5. The van der Waals surface area contributed by atoms with Crippen molar-refractivity contribution < 1.29 is 19.4 Å². The first-order valence-corrected chi connectivity index (χ1v) is 11.9. The van der Waals surface area contributed by atoms with Crippen molar-refractivity contribution in [3.05, 3.63) is 53.5 Å². The van der Waals surface area contributed by atoms with Crippen LogP contribution >= 0.6 is 0 Å². The Morgan fingerprint density at radius 2 is 2.11 bits per heavy atom. The number of hydrogen-bond donors (Lipinski definition) is 1. The molecule has 0 saturated carbocycles. The fourth-order valence-electron chi connectivity index (χ4n) is 3.81. The summed E-state index contributed by atoms with van der Waals surface area (Å²) in [5.74, 6) is 6.30. The fraction of sp³-hybridized carbons (Fsp3) is 0.481. The van der Waals surface area contributed by atoms with Gasteiger partial charge < -0.3 is 19.6 Å². The number of pyridine rings is 2. The van der Waals surface area contributed by atoms with E-state index in [1.165, 1.54) is 6.20 Å². The van der Waals surface area contributed by atoms with Crippen LogP contribution in [0.1, 0.15) is 60.4 Å². The zero-order valence-electron chi connectivity index (χ0n) is 21.1. The average Bonchev–Trinajstić information content (AvgIpc) is 2.85. The van der Waals surface area contributed by atoms with E-state index in [0.717, 1.165) is 6.42 Å². The van der Waals surface area contributed by atoms with Crippen LogP contribution in [0.5, 0.6) is 5.88 Å². The number of aliphatic hydroxyl groups excluding tert-OH is 1. The number of fused-ring (bicyclic) bond motifs is 1. The second-order valence-corrected chi connectivity index (χ2v) is 9.53. The molecule has 2 aromatic heterocycles. The Hall–Kier alpha value is -3.44. The lowest BCUT2D eigenvalue weighted by Crippen LogP contribution is -2.50. The lowest BCUT2D eigenvalue weighted by molar-refractivity contribution is 0.0313. The highest BCUT2D eigenvalue weighted by Gasteiger charge is 2.34. The molecule has 0 saturated heterocycles. The van der Waals surface area contributed by atoms with Crippen LogP contribution < -0.4 is 4.74 Å². The first-order valence-electron chi connectivity index (χ1n) is 11.9. The maximum atomic E-state index is 13.5. The molecule has 8 heteroatoms. The van der Waals surface area contributed by atoms with E-state index < -0.39 is 6.10 Å². The number of amides is 2. The maximum Gasteiger partial charge on any atom is 0.259 e. The van der Waals surface area contributed by atoms with Gasteiger partial charge in [0.1, 0.15) is 11.7 Å². The van der Waals surface area contributed by atoms with Gasteiger partial charge in [0.25, 0.3) is 11.8 Å². The Morgan fingerprint density at radius 3 is 2.77 bits per heavy atom. The topological polar surface area (TPSA) is 95.9 Å². The molecule has 0 unspecified atom stereocenters. The van der Waals surface area contributed by atoms with Crippen molar-refractivity contribution in [2.24, 2.45) is 11.8 Å². The number of nitrogens with zero attached hydrogens (tertiary/aromatic N) is 4. The van der Waals surface area contributed by atoms with Crippen LogP contribution in [0.2, 0.25) is 0 Å². The number of carbonyl (C=O) groups is 2. The van der Waals surface area contributed by atoms with Crippen LogP contribution in [0.25, 0.3) is 0 Å². The second kappa shape index (κ2) is 11.8. The van der Waals surface area contributed by atoms with Crippen LogP contribution in [-0.2, 0) is 0 Å². The normalized spacial score (nSPS) is 18.5. The average molecular weight is 479 g/mol. The predicted molar refractivity (Wildman–Crippen MR) is 133 cm³/mol. The van der Waals surface area contributed by atoms with Crippen LogP contribution in [0.15, 0.2) is 36.8 Å². The van der Waals surface area contributed by atoms with Crippen LogP contribution in [-0.4, -0.2) is 75.6 Å². The number of likely N-dealkylation sites (N-methyl/N-ethyl adjacent to an activating group) is 1. The van der Waals surface area contributed by atoms with E-state index in [1.807, 2.05) is 6.92 Å². The molecule has 0 radical (unpaired) electrons. The summed E-state index contributed by atoms with van der Waals surface area (Å²) >= 11 is 0. The van der Waals surface area contributed by atoms with Gasteiger partial charge in [0.05, 0.1) is 24.8 Å². The van der Waals surface area contributed by atoms with Gasteiger partial charge >= 0.3 is 0 Å². The number of carbonyl (C=O) groups excluding carboxylic acids is 2. The van der Waals surface area contributed by atoms with Gasteiger partial charge in [-0.1, -0.05) is 32.6 Å². The van der Waals surface area contributed by atoms with Gasteiger partial charge in [-0.05, 0) is 31.0 Å². The largest absolute Gasteiger partial charge is 0.472 e. The molecule has 1 aliphatic rings. The zero-order valence-corrected chi connectivity index (χ0v) is 21.1. The smallest absolute Gasteiger partial charge is 0.259 e. The van der Waals surface area contributed by atoms with E-state index in [2.05, 4.69) is 35.7 Å². The third kappa shape index (κ3) is 6.58. The summed E-state index contributed by atoms with van der Waals surface area (Å²) in [6.07, 6.45) is 5.07. The summed E-state index contributed by atoms with van der Waals surface area (Å²) in [5.41, 5.74) is 1.43. The van der Waals surface area contributed by atoms with Crippen LogP contribution in [0, 0.1) is 23.7 Å². The number of aliphatic hydroxyl groups is 1. The molecule has 1 aliphatic heterocycles. The molecule has 3 atom stereocenters. The molecule has 2 aromatic rings. The summed E-state index contributed by atoms with van der Waals surface area (Å²) in [7, 11) is 1.71. The van der Waals surface area contributed by atoms with Gasteiger partial charge in [0.2, 0.25) is 5.88 Å². The first-order chi connectivity index (χ1) is 16.7. The van der Waals surface area contributed by atoms with E-state index >= 15 is 0 Å². The third-order valence-corrected chi connectivity index (χ3v) is 5.97. The standard InChI is InChI=1S/C27H34N4O4/c1-18(2)8-6-9-21-12-23-25(29-13-21)35-24(19(3)15-31(27(23)34)20(4)17-32)16-30(5)26(33)22-10-7-11-28-14-22/h7,10-14,18-20,24,32H,8,15-17H2,1-5H3/t19-,20-,24-/m0/s1. The van der Waals surface area contributed by atoms with E-state index in [4.69, 9.17) is 4.74 Å². The van der Waals surface area contributed by atoms with Gasteiger partial charge in [0, 0.05) is 50.1 Å². The summed E-state index contributed by atoms with van der Waals surface area (Å²) in [6, 6.07) is 4.75. The van der Waals surface area contributed by atoms with Gasteiger partial charge in [-0.3, -0.25) is 14.6 Å². The van der Waals surface area contributed by atoms with Crippen molar-refractivity contribution in [1.82, 2.24) is 19.8 Å². The highest BCUT2D eigenvalue weighted by Crippen LogP contribution is 2.27. The van der Waals surface area contributed by atoms with E-state index in [1.54, 1.807) is 54.4 Å². The van der Waals surface area contributed by atoms with E-state index in [9.17, 15) is 14.7 Å². The monoisotopic (exact) mass is 478 g/mol. The Bertz CT molecular complexity index is 1090. The lowest BCUT2D eigenvalue weighted by atomic mass is 9.99. The van der Waals surface area contributed by atoms with Crippen molar-refractivity contribution in [3.8, 4) is 17.7 Å². The van der Waals surface area contributed by atoms with Gasteiger partial charge in [-0.2, -0.15) is 0 Å². The summed E-state index contributed by atoms with van der Waals surface area (Å²) in [4.78, 5) is 38.1. The lowest BCUT2D eigenvalue weighted by Gasteiger charge is -2.37. The van der Waals surface area contributed by atoms with Crippen molar-refractivity contribution in [1.29, 1.82) is 0 Å². The molecular weight excluding hydrogens is 444 g/mol. The van der Waals surface area contributed by atoms with E-state index in [0.29, 0.717) is 35.7 Å².